The lowest BCUT2D eigenvalue weighted by Gasteiger charge is -2.07. The third kappa shape index (κ3) is 2.47. The third-order valence-corrected chi connectivity index (χ3v) is 3.11. The van der Waals surface area contributed by atoms with Gasteiger partial charge in [0.15, 0.2) is 7.29 Å². The number of carbonyl (C=O) groups is 1. The Morgan fingerprint density at radius 2 is 2.33 bits per heavy atom. The van der Waals surface area contributed by atoms with Crippen molar-refractivity contribution in [2.75, 3.05) is 6.16 Å². The van der Waals surface area contributed by atoms with Gasteiger partial charge in [-0.1, -0.05) is 13.5 Å². The Morgan fingerprint density at radius 3 is 2.44 bits per heavy atom. The quantitative estimate of drug-likeness (QED) is 0.479. The van der Waals surface area contributed by atoms with Gasteiger partial charge in [0.2, 0.25) is 6.41 Å². The van der Waals surface area contributed by atoms with Gasteiger partial charge in [0.1, 0.15) is 0 Å². The van der Waals surface area contributed by atoms with Crippen LogP contribution in [0, 0.1) is 0 Å². The van der Waals surface area contributed by atoms with Crippen molar-refractivity contribution in [1.82, 2.24) is 5.09 Å². The Hall–Kier alpha value is -0.560. The van der Waals surface area contributed by atoms with E-state index in [4.69, 9.17) is 0 Å². The molecule has 3 nitrogen and oxygen atoms in total. The number of amides is 1. The fourth-order valence-electron chi connectivity index (χ4n) is 0.362. The molecule has 0 saturated carbocycles. The van der Waals surface area contributed by atoms with E-state index in [-0.39, 0.29) is 0 Å². The Bertz CT molecular complexity index is 155. The molecule has 0 heterocycles. The van der Waals surface area contributed by atoms with Gasteiger partial charge in [0.05, 0.1) is 0 Å². The Kier molecular flexibility index (Phi) is 3.25. The first-order valence-corrected chi connectivity index (χ1v) is 4.58. The Morgan fingerprint density at radius 1 is 1.78 bits per heavy atom. The van der Waals surface area contributed by atoms with E-state index in [0.29, 0.717) is 12.6 Å². The lowest BCUT2D eigenvalue weighted by atomic mass is 11.0. The molecule has 1 atom stereocenters. The monoisotopic (exact) mass is 147 g/mol. The first-order valence-electron chi connectivity index (χ1n) is 2.62. The van der Waals surface area contributed by atoms with Crippen LogP contribution in [-0.4, -0.2) is 12.6 Å². The summed E-state index contributed by atoms with van der Waals surface area (Å²) in [6.07, 6.45) is 0.862. The Balaban J connectivity index is 4.09. The number of rotatable bonds is 4. The molecule has 4 heteroatoms. The fraction of sp³-hybridized carbons (Fsp3) is 0.400. The van der Waals surface area contributed by atoms with Crippen LogP contribution in [0.1, 0.15) is 6.92 Å². The van der Waals surface area contributed by atoms with Gasteiger partial charge in [-0.3, -0.25) is 9.36 Å². The summed E-state index contributed by atoms with van der Waals surface area (Å²) in [6, 6.07) is 0. The first-order chi connectivity index (χ1) is 4.18. The molecule has 9 heavy (non-hydrogen) atoms. The zero-order valence-corrected chi connectivity index (χ0v) is 6.23. The molecule has 0 aromatic carbocycles. The summed E-state index contributed by atoms with van der Waals surface area (Å²) in [5.41, 5.74) is 0. The normalized spacial score (nSPS) is 15.7. The molecule has 0 aromatic heterocycles. The van der Waals surface area contributed by atoms with Crippen LogP contribution in [0.25, 0.3) is 0 Å². The molecule has 0 radical (unpaired) electrons. The maximum absolute atomic E-state index is 11.1. The minimum Gasteiger partial charge on any atom is -0.306 e. The summed E-state index contributed by atoms with van der Waals surface area (Å²) < 4.78 is 11.1. The number of hydrogen-bond acceptors (Lipinski definition) is 2. The minimum atomic E-state index is -2.54. The second-order valence-electron chi connectivity index (χ2n) is 1.54. The largest absolute Gasteiger partial charge is 0.306 e. The van der Waals surface area contributed by atoms with Crippen LogP contribution < -0.4 is 5.09 Å². The number of nitrogens with one attached hydrogen (secondary N) is 1. The average molecular weight is 147 g/mol. The SMILES string of the molecule is C=CP(=O)(CC)NC=O. The van der Waals surface area contributed by atoms with Crippen molar-refractivity contribution in [3.05, 3.63) is 12.4 Å². The molecule has 0 aliphatic heterocycles. The zero-order valence-electron chi connectivity index (χ0n) is 5.33. The van der Waals surface area contributed by atoms with Crippen molar-refractivity contribution >= 4 is 13.7 Å². The Labute approximate surface area is 54.6 Å². The third-order valence-electron chi connectivity index (χ3n) is 1.04. The van der Waals surface area contributed by atoms with Crippen LogP contribution >= 0.6 is 7.29 Å². The summed E-state index contributed by atoms with van der Waals surface area (Å²) in [4.78, 5) is 9.81. The molecule has 0 bridgehead atoms. The van der Waals surface area contributed by atoms with Crippen LogP contribution in [0.2, 0.25) is 0 Å². The molecule has 1 amide bonds. The lowest BCUT2D eigenvalue weighted by Crippen LogP contribution is -2.06. The molecule has 1 N–H and O–H groups in total. The maximum Gasteiger partial charge on any atom is 0.212 e. The van der Waals surface area contributed by atoms with E-state index in [1.807, 2.05) is 0 Å². The van der Waals surface area contributed by atoms with Crippen molar-refractivity contribution in [3.8, 4) is 0 Å². The maximum atomic E-state index is 11.1. The van der Waals surface area contributed by atoms with Crippen LogP contribution in [0.4, 0.5) is 0 Å². The molecular weight excluding hydrogens is 137 g/mol. The second-order valence-corrected chi connectivity index (χ2v) is 4.39. The highest BCUT2D eigenvalue weighted by Gasteiger charge is 2.10. The first kappa shape index (κ1) is 8.44. The van der Waals surface area contributed by atoms with E-state index < -0.39 is 7.29 Å². The van der Waals surface area contributed by atoms with Crippen molar-refractivity contribution in [2.24, 2.45) is 0 Å². The number of carbonyl (C=O) groups excluding carboxylic acids is 1. The van der Waals surface area contributed by atoms with Crippen LogP contribution in [0.3, 0.4) is 0 Å². The standard InChI is InChI=1S/C5H10NO2P/c1-3-9(8,4-2)6-5-7/h3,5H,1,4H2,2H3,(H,6,7,8). The van der Waals surface area contributed by atoms with E-state index in [9.17, 15) is 9.36 Å². The molecule has 0 spiro atoms. The van der Waals surface area contributed by atoms with Gasteiger partial charge in [-0.05, 0) is 5.82 Å². The van der Waals surface area contributed by atoms with Gasteiger partial charge in [0.25, 0.3) is 0 Å². The van der Waals surface area contributed by atoms with Crippen molar-refractivity contribution in [2.45, 2.75) is 6.92 Å². The van der Waals surface area contributed by atoms with E-state index in [1.54, 1.807) is 6.92 Å². The summed E-state index contributed by atoms with van der Waals surface area (Å²) in [6.45, 7) is 5.07. The summed E-state index contributed by atoms with van der Waals surface area (Å²) in [7, 11) is -2.54. The highest BCUT2D eigenvalue weighted by atomic mass is 31.2. The van der Waals surface area contributed by atoms with Gasteiger partial charge in [-0.15, -0.1) is 0 Å². The predicted octanol–water partition coefficient (Wildman–Crippen LogP) is 1.17. The molecule has 0 aliphatic rings. The van der Waals surface area contributed by atoms with Gasteiger partial charge < -0.3 is 5.09 Å². The van der Waals surface area contributed by atoms with Crippen LogP contribution in [0.15, 0.2) is 12.4 Å². The van der Waals surface area contributed by atoms with Crippen molar-refractivity contribution in [3.63, 3.8) is 0 Å². The second kappa shape index (κ2) is 3.46. The van der Waals surface area contributed by atoms with E-state index in [2.05, 4.69) is 11.7 Å². The molecular formula is C5H10NO2P. The van der Waals surface area contributed by atoms with Gasteiger partial charge in [-0.25, -0.2) is 0 Å². The van der Waals surface area contributed by atoms with Crippen molar-refractivity contribution in [1.29, 1.82) is 0 Å². The molecule has 0 aliphatic carbocycles. The van der Waals surface area contributed by atoms with E-state index >= 15 is 0 Å². The van der Waals surface area contributed by atoms with Crippen molar-refractivity contribution < 1.29 is 9.36 Å². The molecule has 0 aromatic rings. The highest BCUT2D eigenvalue weighted by molar-refractivity contribution is 7.65. The minimum absolute atomic E-state index is 0.426. The molecule has 0 rings (SSSR count). The highest BCUT2D eigenvalue weighted by Crippen LogP contribution is 2.40. The summed E-state index contributed by atoms with van der Waals surface area (Å²) in [5.74, 6) is 1.29. The van der Waals surface area contributed by atoms with E-state index in [0.717, 1.165) is 0 Å². The average Bonchev–Trinajstić information content (AvgIpc) is 1.89. The lowest BCUT2D eigenvalue weighted by molar-refractivity contribution is -0.108. The summed E-state index contributed by atoms with van der Waals surface area (Å²) >= 11 is 0. The van der Waals surface area contributed by atoms with Gasteiger partial charge >= 0.3 is 0 Å². The predicted molar refractivity (Wildman–Crippen MR) is 37.5 cm³/mol. The fourth-order valence-corrected chi connectivity index (χ4v) is 1.09. The molecule has 1 unspecified atom stereocenters. The van der Waals surface area contributed by atoms with Crippen LogP contribution in [0.5, 0.6) is 0 Å². The topological polar surface area (TPSA) is 46.2 Å². The zero-order chi connectivity index (χ0) is 7.33. The van der Waals surface area contributed by atoms with Crippen LogP contribution in [-0.2, 0) is 9.36 Å². The molecule has 0 fully saturated rings. The molecule has 0 saturated heterocycles. The smallest absolute Gasteiger partial charge is 0.212 e. The summed E-state index contributed by atoms with van der Waals surface area (Å²) in [5, 5.41) is 2.22. The van der Waals surface area contributed by atoms with E-state index in [1.165, 1.54) is 5.82 Å². The van der Waals surface area contributed by atoms with Gasteiger partial charge in [-0.2, -0.15) is 0 Å². The molecule has 52 valence electrons. The van der Waals surface area contributed by atoms with Gasteiger partial charge in [0, 0.05) is 6.16 Å². The number of hydrogen-bond donors (Lipinski definition) is 1.